The summed E-state index contributed by atoms with van der Waals surface area (Å²) < 4.78 is 5.00. The quantitative estimate of drug-likeness (QED) is 0.535. The Balaban J connectivity index is 0.000000922. The Kier molecular flexibility index (Phi) is 9.83. The average Bonchev–Trinajstić information content (AvgIpc) is 2.51. The third-order valence-corrected chi connectivity index (χ3v) is 3.02. The molecule has 0 bridgehead atoms. The number of nitrogens with two attached hydrogens (primary N) is 1. The SMILES string of the molecule is Cc1cc(C)c(N[C@@H](C)C(=O)OCCC#N)c(C)c1.NCC(=O)O. The maximum atomic E-state index is 11.7. The van der Waals surface area contributed by atoms with Crippen molar-refractivity contribution in [2.24, 2.45) is 5.73 Å². The first-order valence-corrected chi connectivity index (χ1v) is 7.52. The lowest BCUT2D eigenvalue weighted by molar-refractivity contribution is -0.144. The zero-order valence-corrected chi connectivity index (χ0v) is 14.5. The summed E-state index contributed by atoms with van der Waals surface area (Å²) in [5.74, 6) is -1.31. The predicted octanol–water partition coefficient (Wildman–Crippen LogP) is 1.90. The van der Waals surface area contributed by atoms with E-state index < -0.39 is 12.0 Å². The molecule has 0 radical (unpaired) electrons. The minimum absolute atomic E-state index is 0.146. The Hall–Kier alpha value is -2.59. The van der Waals surface area contributed by atoms with Crippen molar-refractivity contribution in [2.45, 2.75) is 40.2 Å². The summed E-state index contributed by atoms with van der Waals surface area (Å²) in [5, 5.41) is 19.2. The van der Waals surface area contributed by atoms with Crippen LogP contribution in [0.3, 0.4) is 0 Å². The number of ether oxygens (including phenoxy) is 1. The van der Waals surface area contributed by atoms with Gasteiger partial charge in [0.25, 0.3) is 0 Å². The van der Waals surface area contributed by atoms with Gasteiger partial charge in [-0.25, -0.2) is 4.79 Å². The van der Waals surface area contributed by atoms with Crippen LogP contribution in [0.25, 0.3) is 0 Å². The fourth-order valence-electron chi connectivity index (χ4n) is 2.01. The highest BCUT2D eigenvalue weighted by Gasteiger charge is 2.16. The first-order valence-electron chi connectivity index (χ1n) is 7.52. The summed E-state index contributed by atoms with van der Waals surface area (Å²) in [6.45, 7) is 7.69. The number of hydrogen-bond donors (Lipinski definition) is 3. The van der Waals surface area contributed by atoms with Crippen LogP contribution in [0.2, 0.25) is 0 Å². The molecule has 7 heteroatoms. The zero-order valence-electron chi connectivity index (χ0n) is 14.5. The smallest absolute Gasteiger partial charge is 0.328 e. The molecule has 1 aromatic carbocycles. The van der Waals surface area contributed by atoms with Gasteiger partial charge in [0, 0.05) is 5.69 Å². The highest BCUT2D eigenvalue weighted by Crippen LogP contribution is 2.22. The standard InChI is InChI=1S/C15H20N2O2.C2H5NO2/c1-10-8-11(2)14(12(3)9-10)17-13(4)15(18)19-7-5-6-16;3-1-2(4)5/h8-9,13,17H,5,7H2,1-4H3;1,3H2,(H,4,5)/t13-;/m0./s1. The van der Waals surface area contributed by atoms with Crippen LogP contribution in [0.15, 0.2) is 12.1 Å². The number of nitrogens with one attached hydrogen (secondary N) is 1. The van der Waals surface area contributed by atoms with E-state index in [-0.39, 0.29) is 25.5 Å². The largest absolute Gasteiger partial charge is 0.480 e. The van der Waals surface area contributed by atoms with E-state index in [1.54, 1.807) is 6.92 Å². The van der Waals surface area contributed by atoms with Gasteiger partial charge in [-0.2, -0.15) is 5.26 Å². The number of carboxylic acids is 1. The number of rotatable bonds is 6. The Morgan fingerprint density at radius 2 is 1.83 bits per heavy atom. The van der Waals surface area contributed by atoms with Gasteiger partial charge in [-0.1, -0.05) is 17.7 Å². The van der Waals surface area contributed by atoms with E-state index in [2.05, 4.69) is 23.2 Å². The molecule has 0 aliphatic heterocycles. The Morgan fingerprint density at radius 3 is 2.25 bits per heavy atom. The number of anilines is 1. The molecule has 0 aliphatic carbocycles. The molecular formula is C17H25N3O4. The van der Waals surface area contributed by atoms with Gasteiger partial charge in [-0.15, -0.1) is 0 Å². The second kappa shape index (κ2) is 11.0. The molecule has 24 heavy (non-hydrogen) atoms. The minimum Gasteiger partial charge on any atom is -0.480 e. The van der Waals surface area contributed by atoms with E-state index >= 15 is 0 Å². The number of nitrogens with zero attached hydrogens (tertiary/aromatic N) is 1. The Morgan fingerprint density at radius 1 is 1.33 bits per heavy atom. The van der Waals surface area contributed by atoms with Crippen molar-refractivity contribution in [3.05, 3.63) is 28.8 Å². The predicted molar refractivity (Wildman–Crippen MR) is 91.6 cm³/mol. The summed E-state index contributed by atoms with van der Waals surface area (Å²) in [7, 11) is 0. The topological polar surface area (TPSA) is 125 Å². The Labute approximate surface area is 142 Å². The monoisotopic (exact) mass is 335 g/mol. The van der Waals surface area contributed by atoms with Gasteiger partial charge in [0.05, 0.1) is 19.0 Å². The fraction of sp³-hybridized carbons (Fsp3) is 0.471. The second-order valence-electron chi connectivity index (χ2n) is 5.31. The van der Waals surface area contributed by atoms with Crippen LogP contribution in [0, 0.1) is 32.1 Å². The fourth-order valence-corrected chi connectivity index (χ4v) is 2.01. The number of carbonyl (C=O) groups excluding carboxylic acids is 1. The lowest BCUT2D eigenvalue weighted by Gasteiger charge is -2.18. The molecule has 4 N–H and O–H groups in total. The number of carboxylic acid groups (broad SMARTS) is 1. The molecule has 0 saturated heterocycles. The van der Waals surface area contributed by atoms with Gasteiger partial charge >= 0.3 is 11.9 Å². The van der Waals surface area contributed by atoms with E-state index in [4.69, 9.17) is 15.1 Å². The maximum absolute atomic E-state index is 11.7. The molecule has 0 aromatic heterocycles. The summed E-state index contributed by atoms with van der Waals surface area (Å²) in [6.07, 6.45) is 0.223. The van der Waals surface area contributed by atoms with Gasteiger partial charge in [0.2, 0.25) is 0 Å². The van der Waals surface area contributed by atoms with Crippen molar-refractivity contribution in [1.29, 1.82) is 5.26 Å². The number of nitriles is 1. The molecule has 7 nitrogen and oxygen atoms in total. The number of aliphatic carboxylic acids is 1. The lowest BCUT2D eigenvalue weighted by Crippen LogP contribution is -2.29. The van der Waals surface area contributed by atoms with Crippen LogP contribution in [0.5, 0.6) is 0 Å². The second-order valence-corrected chi connectivity index (χ2v) is 5.31. The summed E-state index contributed by atoms with van der Waals surface area (Å²) in [4.78, 5) is 21.0. The van der Waals surface area contributed by atoms with Gasteiger partial charge in [-0.3, -0.25) is 4.79 Å². The lowest BCUT2D eigenvalue weighted by atomic mass is 10.0. The normalized spacial score (nSPS) is 10.7. The van der Waals surface area contributed by atoms with E-state index in [0.29, 0.717) is 0 Å². The minimum atomic E-state index is -0.968. The summed E-state index contributed by atoms with van der Waals surface area (Å²) in [6, 6.07) is 5.65. The van der Waals surface area contributed by atoms with Crippen molar-refractivity contribution in [2.75, 3.05) is 18.5 Å². The molecule has 0 fully saturated rings. The van der Waals surface area contributed by atoms with Gasteiger partial charge in [0.1, 0.15) is 12.6 Å². The molecule has 1 aromatic rings. The van der Waals surface area contributed by atoms with Crippen molar-refractivity contribution in [3.8, 4) is 6.07 Å². The van der Waals surface area contributed by atoms with E-state index in [1.807, 2.05) is 26.8 Å². The Bertz CT molecular complexity index is 585. The van der Waals surface area contributed by atoms with E-state index in [1.165, 1.54) is 5.56 Å². The maximum Gasteiger partial charge on any atom is 0.328 e. The molecule has 132 valence electrons. The van der Waals surface area contributed by atoms with E-state index in [0.717, 1.165) is 16.8 Å². The molecule has 1 rings (SSSR count). The summed E-state index contributed by atoms with van der Waals surface area (Å²) >= 11 is 0. The van der Waals surface area contributed by atoms with Crippen LogP contribution < -0.4 is 11.1 Å². The molecule has 0 spiro atoms. The average molecular weight is 335 g/mol. The number of aryl methyl sites for hydroxylation is 3. The highest BCUT2D eigenvalue weighted by atomic mass is 16.5. The van der Waals surface area contributed by atoms with Crippen molar-refractivity contribution in [1.82, 2.24) is 0 Å². The van der Waals surface area contributed by atoms with Crippen LogP contribution in [-0.4, -0.2) is 36.2 Å². The molecule has 0 aliphatic rings. The van der Waals surface area contributed by atoms with Crippen molar-refractivity contribution in [3.63, 3.8) is 0 Å². The van der Waals surface area contributed by atoms with Crippen molar-refractivity contribution < 1.29 is 19.4 Å². The number of esters is 1. The van der Waals surface area contributed by atoms with Crippen LogP contribution >= 0.6 is 0 Å². The molecule has 0 saturated carbocycles. The van der Waals surface area contributed by atoms with E-state index in [9.17, 15) is 9.59 Å². The first-order chi connectivity index (χ1) is 11.2. The van der Waals surface area contributed by atoms with Gasteiger partial charge < -0.3 is 20.9 Å². The molecule has 1 atom stereocenters. The van der Waals surface area contributed by atoms with Crippen LogP contribution in [0.1, 0.15) is 30.0 Å². The zero-order chi connectivity index (χ0) is 18.7. The van der Waals surface area contributed by atoms with Crippen molar-refractivity contribution >= 4 is 17.6 Å². The number of benzene rings is 1. The van der Waals surface area contributed by atoms with Gasteiger partial charge in [0.15, 0.2) is 0 Å². The molecular weight excluding hydrogens is 310 g/mol. The summed E-state index contributed by atoms with van der Waals surface area (Å²) in [5.41, 5.74) is 8.95. The highest BCUT2D eigenvalue weighted by molar-refractivity contribution is 5.79. The molecule has 0 amide bonds. The van der Waals surface area contributed by atoms with Crippen LogP contribution in [0.4, 0.5) is 5.69 Å². The third kappa shape index (κ3) is 8.15. The molecule has 0 heterocycles. The van der Waals surface area contributed by atoms with Gasteiger partial charge in [-0.05, 0) is 38.8 Å². The number of carbonyl (C=O) groups is 2. The first kappa shape index (κ1) is 21.4. The number of hydrogen-bond acceptors (Lipinski definition) is 6. The third-order valence-electron chi connectivity index (χ3n) is 3.02. The van der Waals surface area contributed by atoms with Crippen LogP contribution in [-0.2, 0) is 14.3 Å². The molecule has 0 unspecified atom stereocenters.